The van der Waals surface area contributed by atoms with Gasteiger partial charge >= 0.3 is 0 Å². The molecule has 2 N–H and O–H groups in total. The SMILES string of the molecule is CCCCCCN(C)C(C)N. The molecule has 0 aromatic heterocycles. The highest BCUT2D eigenvalue weighted by atomic mass is 15.2. The highest BCUT2D eigenvalue weighted by Gasteiger charge is 2.00. The molecule has 0 fully saturated rings. The molecular weight excluding hydrogens is 136 g/mol. The van der Waals surface area contributed by atoms with Crippen LogP contribution in [0.3, 0.4) is 0 Å². The van der Waals surface area contributed by atoms with Crippen LogP contribution >= 0.6 is 0 Å². The van der Waals surface area contributed by atoms with Gasteiger partial charge in [-0.2, -0.15) is 0 Å². The van der Waals surface area contributed by atoms with Crippen molar-refractivity contribution in [2.75, 3.05) is 13.6 Å². The Morgan fingerprint density at radius 3 is 2.36 bits per heavy atom. The number of rotatable bonds is 6. The van der Waals surface area contributed by atoms with Crippen molar-refractivity contribution < 1.29 is 0 Å². The van der Waals surface area contributed by atoms with Crippen molar-refractivity contribution in [2.45, 2.75) is 45.7 Å². The third-order valence-electron chi connectivity index (χ3n) is 2.06. The first-order valence-electron chi connectivity index (χ1n) is 4.64. The van der Waals surface area contributed by atoms with Crippen LogP contribution in [0.4, 0.5) is 0 Å². The van der Waals surface area contributed by atoms with Crippen molar-refractivity contribution in [1.82, 2.24) is 4.90 Å². The lowest BCUT2D eigenvalue weighted by atomic mass is 10.2. The normalized spacial score (nSPS) is 13.9. The topological polar surface area (TPSA) is 29.3 Å². The van der Waals surface area contributed by atoms with Crippen molar-refractivity contribution >= 4 is 0 Å². The zero-order valence-corrected chi connectivity index (χ0v) is 8.14. The molecule has 0 radical (unpaired) electrons. The average Bonchev–Trinajstić information content (AvgIpc) is 1.97. The van der Waals surface area contributed by atoms with E-state index >= 15 is 0 Å². The molecule has 0 bridgehead atoms. The van der Waals surface area contributed by atoms with E-state index in [0.717, 1.165) is 6.54 Å². The van der Waals surface area contributed by atoms with E-state index in [1.54, 1.807) is 0 Å². The van der Waals surface area contributed by atoms with Gasteiger partial charge in [-0.15, -0.1) is 0 Å². The van der Waals surface area contributed by atoms with Gasteiger partial charge in [-0.25, -0.2) is 0 Å². The lowest BCUT2D eigenvalue weighted by molar-refractivity contribution is 0.257. The zero-order chi connectivity index (χ0) is 8.69. The Morgan fingerprint density at radius 2 is 1.91 bits per heavy atom. The molecule has 0 aliphatic rings. The standard InChI is InChI=1S/C9H22N2/c1-4-5-6-7-8-11(3)9(2)10/h9H,4-8,10H2,1-3H3. The van der Waals surface area contributed by atoms with Crippen LogP contribution < -0.4 is 5.73 Å². The number of hydrogen-bond donors (Lipinski definition) is 1. The molecular formula is C9H22N2. The van der Waals surface area contributed by atoms with E-state index in [1.807, 2.05) is 6.92 Å². The fourth-order valence-corrected chi connectivity index (χ4v) is 0.992. The first kappa shape index (κ1) is 10.9. The summed E-state index contributed by atoms with van der Waals surface area (Å²) in [4.78, 5) is 2.19. The summed E-state index contributed by atoms with van der Waals surface area (Å²) in [5.74, 6) is 0. The molecule has 11 heavy (non-hydrogen) atoms. The Kier molecular flexibility index (Phi) is 6.57. The van der Waals surface area contributed by atoms with Crippen LogP contribution in [0.15, 0.2) is 0 Å². The molecule has 0 aliphatic heterocycles. The van der Waals surface area contributed by atoms with Gasteiger partial charge in [-0.3, -0.25) is 4.90 Å². The van der Waals surface area contributed by atoms with Gasteiger partial charge < -0.3 is 5.73 Å². The second kappa shape index (κ2) is 6.62. The molecule has 0 saturated heterocycles. The second-order valence-electron chi connectivity index (χ2n) is 3.28. The maximum atomic E-state index is 5.68. The molecule has 0 spiro atoms. The monoisotopic (exact) mass is 158 g/mol. The smallest absolute Gasteiger partial charge is 0.0540 e. The van der Waals surface area contributed by atoms with Crippen LogP contribution in [0, 0.1) is 0 Å². The maximum Gasteiger partial charge on any atom is 0.0540 e. The van der Waals surface area contributed by atoms with Gasteiger partial charge in [-0.1, -0.05) is 26.2 Å². The fourth-order valence-electron chi connectivity index (χ4n) is 0.992. The molecule has 0 aromatic rings. The summed E-state index contributed by atoms with van der Waals surface area (Å²) in [6.45, 7) is 5.40. The molecule has 68 valence electrons. The third kappa shape index (κ3) is 6.32. The molecule has 1 atom stereocenters. The summed E-state index contributed by atoms with van der Waals surface area (Å²) in [5, 5.41) is 0. The van der Waals surface area contributed by atoms with Gasteiger partial charge in [0.05, 0.1) is 6.17 Å². The van der Waals surface area contributed by atoms with E-state index < -0.39 is 0 Å². The molecule has 0 rings (SSSR count). The lowest BCUT2D eigenvalue weighted by Gasteiger charge is -2.20. The number of nitrogens with zero attached hydrogens (tertiary/aromatic N) is 1. The Bertz CT molecular complexity index is 81.6. The van der Waals surface area contributed by atoms with Crippen LogP contribution in [-0.4, -0.2) is 24.7 Å². The largest absolute Gasteiger partial charge is 0.316 e. The second-order valence-corrected chi connectivity index (χ2v) is 3.28. The molecule has 2 nitrogen and oxygen atoms in total. The molecule has 0 amide bonds. The predicted molar refractivity (Wildman–Crippen MR) is 50.4 cm³/mol. The highest BCUT2D eigenvalue weighted by molar-refractivity contribution is 4.54. The highest BCUT2D eigenvalue weighted by Crippen LogP contribution is 2.00. The van der Waals surface area contributed by atoms with Crippen LogP contribution in [0.25, 0.3) is 0 Å². The predicted octanol–water partition coefficient (Wildman–Crippen LogP) is 1.80. The average molecular weight is 158 g/mol. The van der Waals surface area contributed by atoms with Crippen molar-refractivity contribution in [2.24, 2.45) is 5.73 Å². The lowest BCUT2D eigenvalue weighted by Crippen LogP contribution is -2.36. The number of nitrogens with two attached hydrogens (primary N) is 1. The quantitative estimate of drug-likeness (QED) is 0.472. The molecule has 0 aromatic carbocycles. The first-order chi connectivity index (χ1) is 5.18. The maximum absolute atomic E-state index is 5.68. The molecule has 1 unspecified atom stereocenters. The summed E-state index contributed by atoms with van der Waals surface area (Å²) in [6, 6.07) is 0. The molecule has 0 aliphatic carbocycles. The van der Waals surface area contributed by atoms with E-state index in [1.165, 1.54) is 25.7 Å². The first-order valence-corrected chi connectivity index (χ1v) is 4.64. The minimum Gasteiger partial charge on any atom is -0.316 e. The Morgan fingerprint density at radius 1 is 1.27 bits per heavy atom. The molecule has 0 saturated carbocycles. The van der Waals surface area contributed by atoms with Crippen LogP contribution in [0.2, 0.25) is 0 Å². The zero-order valence-electron chi connectivity index (χ0n) is 8.14. The number of unbranched alkanes of at least 4 members (excludes halogenated alkanes) is 3. The molecule has 2 heteroatoms. The van der Waals surface area contributed by atoms with Gasteiger partial charge in [0.1, 0.15) is 0 Å². The van der Waals surface area contributed by atoms with Gasteiger partial charge in [0.2, 0.25) is 0 Å². The van der Waals surface area contributed by atoms with Crippen LogP contribution in [-0.2, 0) is 0 Å². The third-order valence-corrected chi connectivity index (χ3v) is 2.06. The van der Waals surface area contributed by atoms with E-state index in [2.05, 4.69) is 18.9 Å². The fraction of sp³-hybridized carbons (Fsp3) is 1.00. The van der Waals surface area contributed by atoms with E-state index in [9.17, 15) is 0 Å². The van der Waals surface area contributed by atoms with E-state index in [0.29, 0.717) is 0 Å². The van der Waals surface area contributed by atoms with Gasteiger partial charge in [-0.05, 0) is 26.9 Å². The van der Waals surface area contributed by atoms with E-state index in [-0.39, 0.29) is 6.17 Å². The Hall–Kier alpha value is -0.0800. The minimum absolute atomic E-state index is 0.205. The van der Waals surface area contributed by atoms with Gasteiger partial charge in [0, 0.05) is 0 Å². The van der Waals surface area contributed by atoms with Crippen molar-refractivity contribution in [1.29, 1.82) is 0 Å². The van der Waals surface area contributed by atoms with Crippen molar-refractivity contribution in [3.05, 3.63) is 0 Å². The summed E-state index contributed by atoms with van der Waals surface area (Å²) in [7, 11) is 2.08. The summed E-state index contributed by atoms with van der Waals surface area (Å²) >= 11 is 0. The Labute approximate surface area is 70.8 Å². The van der Waals surface area contributed by atoms with Crippen LogP contribution in [0.5, 0.6) is 0 Å². The molecule has 0 heterocycles. The summed E-state index contributed by atoms with van der Waals surface area (Å²) in [5.41, 5.74) is 5.68. The number of hydrogen-bond acceptors (Lipinski definition) is 2. The van der Waals surface area contributed by atoms with Crippen molar-refractivity contribution in [3.63, 3.8) is 0 Å². The van der Waals surface area contributed by atoms with Crippen LogP contribution in [0.1, 0.15) is 39.5 Å². The minimum atomic E-state index is 0.205. The summed E-state index contributed by atoms with van der Waals surface area (Å²) < 4.78 is 0. The summed E-state index contributed by atoms with van der Waals surface area (Å²) in [6.07, 6.45) is 5.49. The van der Waals surface area contributed by atoms with Crippen molar-refractivity contribution in [3.8, 4) is 0 Å². The van der Waals surface area contributed by atoms with Gasteiger partial charge in [0.15, 0.2) is 0 Å². The van der Waals surface area contributed by atoms with Gasteiger partial charge in [0.25, 0.3) is 0 Å². The Balaban J connectivity index is 3.10. The van der Waals surface area contributed by atoms with E-state index in [4.69, 9.17) is 5.73 Å².